The first-order valence-corrected chi connectivity index (χ1v) is 9.70. The number of halogens is 1. The van der Waals surface area contributed by atoms with Gasteiger partial charge in [-0.15, -0.1) is 0 Å². The van der Waals surface area contributed by atoms with Crippen molar-refractivity contribution >= 4 is 23.2 Å². The maximum Gasteiger partial charge on any atom is 0.282 e. The smallest absolute Gasteiger partial charge is 0.282 e. The average Bonchev–Trinajstić information content (AvgIpc) is 3.15. The van der Waals surface area contributed by atoms with Gasteiger partial charge < -0.3 is 14.5 Å². The highest BCUT2D eigenvalue weighted by Gasteiger charge is 2.29. The number of fused-ring (bicyclic) bond motifs is 1. The Labute approximate surface area is 167 Å². The summed E-state index contributed by atoms with van der Waals surface area (Å²) in [5.74, 6) is 0.653. The van der Waals surface area contributed by atoms with E-state index in [1.165, 1.54) is 34.2 Å². The minimum atomic E-state index is -0.539. The third-order valence-electron chi connectivity index (χ3n) is 5.35. The number of ether oxygens (including phenoxy) is 1. The van der Waals surface area contributed by atoms with Gasteiger partial charge in [-0.1, -0.05) is 11.6 Å². The van der Waals surface area contributed by atoms with Gasteiger partial charge in [0.2, 0.25) is 0 Å². The summed E-state index contributed by atoms with van der Waals surface area (Å²) in [5.41, 5.74) is 2.38. The Morgan fingerprint density at radius 2 is 2.00 bits per heavy atom. The number of hydrogen-bond donors (Lipinski definition) is 1. The lowest BCUT2D eigenvalue weighted by molar-refractivity contribution is -0.917. The zero-order valence-corrected chi connectivity index (χ0v) is 16.1. The van der Waals surface area contributed by atoms with Crippen molar-refractivity contribution in [1.82, 2.24) is 4.90 Å². The fourth-order valence-electron chi connectivity index (χ4n) is 3.85. The topological polar surface area (TPSA) is 77.1 Å². The van der Waals surface area contributed by atoms with E-state index in [4.69, 9.17) is 16.3 Å². The van der Waals surface area contributed by atoms with Gasteiger partial charge in [0.05, 0.1) is 37.7 Å². The molecule has 8 heteroatoms. The van der Waals surface area contributed by atoms with Gasteiger partial charge >= 0.3 is 0 Å². The lowest BCUT2D eigenvalue weighted by atomic mass is 10.1. The standard InChI is InChI=1S/C20H20ClN3O4/c21-16-2-3-18(24(26)27)17(12-16)20(25)23-8-6-22(7-9-23)13-14-1-4-19-15(11-14)5-10-28-19/h1-4,11-12H,5-10,13H2/p+1. The molecule has 0 bridgehead atoms. The molecule has 1 N–H and O–H groups in total. The lowest BCUT2D eigenvalue weighted by Gasteiger charge is -2.32. The van der Waals surface area contributed by atoms with Crippen LogP contribution in [0.3, 0.4) is 0 Å². The summed E-state index contributed by atoms with van der Waals surface area (Å²) >= 11 is 5.95. The maximum absolute atomic E-state index is 12.8. The molecule has 7 nitrogen and oxygen atoms in total. The second-order valence-corrected chi connectivity index (χ2v) is 7.61. The SMILES string of the molecule is O=C(c1cc(Cl)ccc1[N+](=O)[O-])N1CC[NH+](Cc2ccc3c(c2)CCO3)CC1. The number of nitro benzene ring substituents is 1. The highest BCUT2D eigenvalue weighted by atomic mass is 35.5. The molecule has 0 radical (unpaired) electrons. The molecule has 0 aliphatic carbocycles. The molecule has 1 amide bonds. The molecular formula is C20H21ClN3O4+. The molecule has 2 aromatic rings. The second-order valence-electron chi connectivity index (χ2n) is 7.18. The molecule has 2 heterocycles. The number of carbonyl (C=O) groups is 1. The maximum atomic E-state index is 12.8. The zero-order valence-electron chi connectivity index (χ0n) is 15.3. The number of rotatable bonds is 4. The van der Waals surface area contributed by atoms with Crippen LogP contribution in [0.5, 0.6) is 5.75 Å². The predicted molar refractivity (Wildman–Crippen MR) is 104 cm³/mol. The van der Waals surface area contributed by atoms with Gasteiger partial charge in [-0.05, 0) is 35.9 Å². The molecule has 0 atom stereocenters. The number of nitro groups is 1. The van der Waals surface area contributed by atoms with Crippen LogP contribution in [0, 0.1) is 10.1 Å². The first-order chi connectivity index (χ1) is 13.5. The zero-order chi connectivity index (χ0) is 19.7. The molecule has 1 fully saturated rings. The third-order valence-corrected chi connectivity index (χ3v) is 5.59. The normalized spacial score (nSPS) is 16.5. The Kier molecular flexibility index (Phi) is 5.19. The molecule has 2 aromatic carbocycles. The molecule has 4 rings (SSSR count). The Balaban J connectivity index is 1.40. The van der Waals surface area contributed by atoms with Crippen LogP contribution < -0.4 is 9.64 Å². The summed E-state index contributed by atoms with van der Waals surface area (Å²) in [6, 6.07) is 10.4. The summed E-state index contributed by atoms with van der Waals surface area (Å²) < 4.78 is 5.55. The van der Waals surface area contributed by atoms with Crippen molar-refractivity contribution in [3.8, 4) is 5.75 Å². The molecule has 28 heavy (non-hydrogen) atoms. The van der Waals surface area contributed by atoms with Crippen molar-refractivity contribution in [2.24, 2.45) is 0 Å². The first kappa shape index (κ1) is 18.7. The Bertz CT molecular complexity index is 926. The highest BCUT2D eigenvalue weighted by molar-refractivity contribution is 6.31. The van der Waals surface area contributed by atoms with E-state index in [0.717, 1.165) is 38.4 Å². The van der Waals surface area contributed by atoms with Crippen LogP contribution in [-0.2, 0) is 13.0 Å². The number of carbonyl (C=O) groups excluding carboxylic acids is 1. The molecule has 1 saturated heterocycles. The van der Waals surface area contributed by atoms with Crippen molar-refractivity contribution in [3.63, 3.8) is 0 Å². The number of hydrogen-bond acceptors (Lipinski definition) is 4. The van der Waals surface area contributed by atoms with Gasteiger partial charge in [-0.25, -0.2) is 0 Å². The number of quaternary nitrogens is 1. The first-order valence-electron chi connectivity index (χ1n) is 9.32. The lowest BCUT2D eigenvalue weighted by Crippen LogP contribution is -3.13. The number of piperazine rings is 1. The van der Waals surface area contributed by atoms with E-state index >= 15 is 0 Å². The molecule has 0 spiro atoms. The Morgan fingerprint density at radius 3 is 2.75 bits per heavy atom. The van der Waals surface area contributed by atoms with E-state index in [0.29, 0.717) is 18.1 Å². The van der Waals surface area contributed by atoms with Gasteiger partial charge in [-0.3, -0.25) is 14.9 Å². The fourth-order valence-corrected chi connectivity index (χ4v) is 4.02. The van der Waals surface area contributed by atoms with Crippen LogP contribution in [0.15, 0.2) is 36.4 Å². The molecule has 2 aliphatic heterocycles. The Hall–Kier alpha value is -2.64. The van der Waals surface area contributed by atoms with Crippen molar-refractivity contribution in [1.29, 1.82) is 0 Å². The van der Waals surface area contributed by atoms with Crippen molar-refractivity contribution in [3.05, 3.63) is 68.2 Å². The molecule has 0 saturated carbocycles. The summed E-state index contributed by atoms with van der Waals surface area (Å²) in [4.78, 5) is 26.6. The van der Waals surface area contributed by atoms with Gasteiger partial charge in [0.1, 0.15) is 17.9 Å². The monoisotopic (exact) mass is 402 g/mol. The largest absolute Gasteiger partial charge is 0.493 e. The highest BCUT2D eigenvalue weighted by Crippen LogP contribution is 2.26. The van der Waals surface area contributed by atoms with E-state index in [2.05, 4.69) is 12.1 Å². The van der Waals surface area contributed by atoms with Gasteiger partial charge in [-0.2, -0.15) is 0 Å². The van der Waals surface area contributed by atoms with E-state index in [9.17, 15) is 14.9 Å². The van der Waals surface area contributed by atoms with E-state index in [1.807, 2.05) is 6.07 Å². The van der Waals surface area contributed by atoms with Crippen LogP contribution in [0.25, 0.3) is 0 Å². The van der Waals surface area contributed by atoms with Crippen LogP contribution in [0.4, 0.5) is 5.69 Å². The minimum Gasteiger partial charge on any atom is -0.493 e. The average molecular weight is 403 g/mol. The Morgan fingerprint density at radius 1 is 1.21 bits per heavy atom. The van der Waals surface area contributed by atoms with Crippen molar-refractivity contribution < 1.29 is 19.4 Å². The van der Waals surface area contributed by atoms with E-state index < -0.39 is 4.92 Å². The fraction of sp³-hybridized carbons (Fsp3) is 0.350. The predicted octanol–water partition coefficient (Wildman–Crippen LogP) is 1.72. The summed E-state index contributed by atoms with van der Waals surface area (Å²) in [6.07, 6.45) is 0.958. The third kappa shape index (κ3) is 3.81. The van der Waals surface area contributed by atoms with Gasteiger partial charge in [0.15, 0.2) is 0 Å². The van der Waals surface area contributed by atoms with Crippen LogP contribution in [0.1, 0.15) is 21.5 Å². The van der Waals surface area contributed by atoms with Crippen LogP contribution in [-0.4, -0.2) is 48.5 Å². The van der Waals surface area contributed by atoms with Gasteiger partial charge in [0, 0.05) is 23.1 Å². The molecule has 2 aliphatic rings. The van der Waals surface area contributed by atoms with Crippen LogP contribution in [0.2, 0.25) is 5.02 Å². The molecule has 0 aromatic heterocycles. The second kappa shape index (κ2) is 7.77. The number of amides is 1. The van der Waals surface area contributed by atoms with Crippen LogP contribution >= 0.6 is 11.6 Å². The van der Waals surface area contributed by atoms with Crippen molar-refractivity contribution in [2.75, 3.05) is 32.8 Å². The molecular weight excluding hydrogens is 382 g/mol. The number of benzene rings is 2. The summed E-state index contributed by atoms with van der Waals surface area (Å²) in [6.45, 7) is 4.37. The minimum absolute atomic E-state index is 0.0552. The van der Waals surface area contributed by atoms with E-state index in [-0.39, 0.29) is 17.2 Å². The molecule has 0 unspecified atom stereocenters. The summed E-state index contributed by atoms with van der Waals surface area (Å²) in [5, 5.41) is 11.6. The van der Waals surface area contributed by atoms with Crippen molar-refractivity contribution in [2.45, 2.75) is 13.0 Å². The number of nitrogens with zero attached hydrogens (tertiary/aromatic N) is 2. The van der Waals surface area contributed by atoms with Gasteiger partial charge in [0.25, 0.3) is 11.6 Å². The van der Waals surface area contributed by atoms with E-state index in [1.54, 1.807) is 4.90 Å². The summed E-state index contributed by atoms with van der Waals surface area (Å²) in [7, 11) is 0. The quantitative estimate of drug-likeness (QED) is 0.624. The molecule has 146 valence electrons. The number of nitrogens with one attached hydrogen (secondary N) is 1.